The van der Waals surface area contributed by atoms with Crippen LogP contribution in [0.2, 0.25) is 0 Å². The van der Waals surface area contributed by atoms with Crippen molar-refractivity contribution in [2.24, 2.45) is 0 Å². The summed E-state index contributed by atoms with van der Waals surface area (Å²) in [6, 6.07) is 7.63. The van der Waals surface area contributed by atoms with Gasteiger partial charge in [-0.3, -0.25) is 0 Å². The van der Waals surface area contributed by atoms with Crippen LogP contribution in [0.3, 0.4) is 0 Å². The van der Waals surface area contributed by atoms with Crippen molar-refractivity contribution in [1.29, 1.82) is 0 Å². The molecule has 0 spiro atoms. The van der Waals surface area contributed by atoms with E-state index in [4.69, 9.17) is 4.74 Å². The van der Waals surface area contributed by atoms with Gasteiger partial charge in [-0.2, -0.15) is 0 Å². The standard InChI is InChI=1S/C14H20N2O3S/c17-20(18,16-13-7-8-19-10-13)14-5-1-11(2-6-14)9-15-12-3-4-12/h1-2,5-6,12-13,15-16H,3-4,7-10H2. The highest BCUT2D eigenvalue weighted by Crippen LogP contribution is 2.19. The quantitative estimate of drug-likeness (QED) is 0.822. The third kappa shape index (κ3) is 3.58. The average molecular weight is 296 g/mol. The lowest BCUT2D eigenvalue weighted by molar-refractivity contribution is 0.192. The van der Waals surface area contributed by atoms with Crippen molar-refractivity contribution in [1.82, 2.24) is 10.0 Å². The maximum atomic E-state index is 12.2. The van der Waals surface area contributed by atoms with Crippen LogP contribution in [0.25, 0.3) is 0 Å². The molecule has 6 heteroatoms. The Morgan fingerprint density at radius 3 is 2.45 bits per heavy atom. The van der Waals surface area contributed by atoms with E-state index < -0.39 is 10.0 Å². The molecule has 0 bridgehead atoms. The first-order valence-electron chi connectivity index (χ1n) is 7.06. The molecular formula is C14H20N2O3S. The molecule has 1 heterocycles. The molecule has 1 aromatic carbocycles. The third-order valence-electron chi connectivity index (χ3n) is 3.66. The lowest BCUT2D eigenvalue weighted by Gasteiger charge is -2.12. The van der Waals surface area contributed by atoms with E-state index >= 15 is 0 Å². The zero-order chi connectivity index (χ0) is 14.0. The molecule has 2 N–H and O–H groups in total. The Hall–Kier alpha value is -0.950. The molecule has 1 aliphatic heterocycles. The van der Waals surface area contributed by atoms with Gasteiger partial charge >= 0.3 is 0 Å². The number of benzene rings is 1. The fourth-order valence-electron chi connectivity index (χ4n) is 2.25. The highest BCUT2D eigenvalue weighted by molar-refractivity contribution is 7.89. The van der Waals surface area contributed by atoms with Gasteiger partial charge in [0.15, 0.2) is 0 Å². The molecule has 1 aliphatic carbocycles. The number of hydrogen-bond acceptors (Lipinski definition) is 4. The second-order valence-electron chi connectivity index (χ2n) is 5.48. The van der Waals surface area contributed by atoms with Crippen LogP contribution in [0.4, 0.5) is 0 Å². The van der Waals surface area contributed by atoms with Crippen LogP contribution in [0.15, 0.2) is 29.2 Å². The summed E-state index contributed by atoms with van der Waals surface area (Å²) in [5.41, 5.74) is 1.11. The van der Waals surface area contributed by atoms with E-state index in [1.807, 2.05) is 12.1 Å². The second kappa shape index (κ2) is 5.81. The zero-order valence-electron chi connectivity index (χ0n) is 11.3. The fourth-order valence-corrected chi connectivity index (χ4v) is 3.51. The van der Waals surface area contributed by atoms with Crippen LogP contribution in [-0.4, -0.2) is 33.7 Å². The molecule has 1 unspecified atom stereocenters. The molecular weight excluding hydrogens is 276 g/mol. The van der Waals surface area contributed by atoms with Crippen molar-refractivity contribution in [3.8, 4) is 0 Å². The lowest BCUT2D eigenvalue weighted by Crippen LogP contribution is -2.35. The molecule has 1 atom stereocenters. The van der Waals surface area contributed by atoms with Gasteiger partial charge in [-0.15, -0.1) is 0 Å². The third-order valence-corrected chi connectivity index (χ3v) is 5.19. The van der Waals surface area contributed by atoms with Crippen LogP contribution in [0.1, 0.15) is 24.8 Å². The summed E-state index contributed by atoms with van der Waals surface area (Å²) >= 11 is 0. The Labute approximate surface area is 119 Å². The van der Waals surface area contributed by atoms with E-state index in [0.717, 1.165) is 18.5 Å². The van der Waals surface area contributed by atoms with Gasteiger partial charge in [0.1, 0.15) is 0 Å². The van der Waals surface area contributed by atoms with Gasteiger partial charge in [0.05, 0.1) is 11.5 Å². The predicted molar refractivity (Wildman–Crippen MR) is 75.8 cm³/mol. The molecule has 1 saturated carbocycles. The fraction of sp³-hybridized carbons (Fsp3) is 0.571. The molecule has 5 nitrogen and oxygen atoms in total. The Morgan fingerprint density at radius 2 is 1.85 bits per heavy atom. The van der Waals surface area contributed by atoms with Gasteiger partial charge in [-0.25, -0.2) is 13.1 Å². The van der Waals surface area contributed by atoms with E-state index in [-0.39, 0.29) is 6.04 Å². The first-order chi connectivity index (χ1) is 9.63. The molecule has 3 rings (SSSR count). The van der Waals surface area contributed by atoms with Crippen LogP contribution in [-0.2, 0) is 21.3 Å². The van der Waals surface area contributed by atoms with Gasteiger partial charge in [0.2, 0.25) is 10.0 Å². The minimum atomic E-state index is -3.43. The van der Waals surface area contributed by atoms with Gasteiger partial charge in [0.25, 0.3) is 0 Å². The summed E-state index contributed by atoms with van der Waals surface area (Å²) in [4.78, 5) is 0.319. The molecule has 20 heavy (non-hydrogen) atoms. The van der Waals surface area contributed by atoms with Crippen molar-refractivity contribution >= 4 is 10.0 Å². The number of ether oxygens (including phenoxy) is 1. The van der Waals surface area contributed by atoms with Crippen molar-refractivity contribution < 1.29 is 13.2 Å². The minimum Gasteiger partial charge on any atom is -0.380 e. The summed E-state index contributed by atoms with van der Waals surface area (Å²) in [7, 11) is -3.43. The molecule has 0 aromatic heterocycles. The summed E-state index contributed by atoms with van der Waals surface area (Å²) in [6.45, 7) is 1.89. The van der Waals surface area contributed by atoms with Crippen LogP contribution >= 0.6 is 0 Å². The van der Waals surface area contributed by atoms with E-state index in [0.29, 0.717) is 24.2 Å². The highest BCUT2D eigenvalue weighted by Gasteiger charge is 2.23. The molecule has 1 saturated heterocycles. The topological polar surface area (TPSA) is 67.4 Å². The van der Waals surface area contributed by atoms with Crippen LogP contribution in [0.5, 0.6) is 0 Å². The maximum absolute atomic E-state index is 12.2. The zero-order valence-corrected chi connectivity index (χ0v) is 12.2. The number of rotatable bonds is 6. The maximum Gasteiger partial charge on any atom is 0.240 e. The van der Waals surface area contributed by atoms with Crippen molar-refractivity contribution in [2.45, 2.75) is 42.8 Å². The van der Waals surface area contributed by atoms with Gasteiger partial charge in [-0.1, -0.05) is 12.1 Å². The summed E-state index contributed by atoms with van der Waals surface area (Å²) < 4.78 is 32.3. The number of sulfonamides is 1. The smallest absolute Gasteiger partial charge is 0.240 e. The SMILES string of the molecule is O=S(=O)(NC1CCOC1)c1ccc(CNC2CC2)cc1. The van der Waals surface area contributed by atoms with Crippen molar-refractivity contribution in [2.75, 3.05) is 13.2 Å². The Morgan fingerprint density at radius 1 is 1.10 bits per heavy atom. The van der Waals surface area contributed by atoms with Gasteiger partial charge in [0, 0.05) is 25.2 Å². The first kappa shape index (κ1) is 14.0. The lowest BCUT2D eigenvalue weighted by atomic mass is 10.2. The van der Waals surface area contributed by atoms with Crippen molar-refractivity contribution in [3.63, 3.8) is 0 Å². The molecule has 2 fully saturated rings. The molecule has 110 valence electrons. The average Bonchev–Trinajstić information content (AvgIpc) is 3.14. The van der Waals surface area contributed by atoms with E-state index in [1.165, 1.54) is 12.8 Å². The number of nitrogens with one attached hydrogen (secondary N) is 2. The van der Waals surface area contributed by atoms with Crippen LogP contribution < -0.4 is 10.0 Å². The Bertz CT molecular complexity index is 546. The minimum absolute atomic E-state index is 0.101. The van der Waals surface area contributed by atoms with Gasteiger partial charge < -0.3 is 10.1 Å². The Kier molecular flexibility index (Phi) is 4.07. The summed E-state index contributed by atoms with van der Waals surface area (Å²) in [6.07, 6.45) is 3.24. The molecule has 0 amide bonds. The predicted octanol–water partition coefficient (Wildman–Crippen LogP) is 1.01. The number of hydrogen-bond donors (Lipinski definition) is 2. The molecule has 2 aliphatic rings. The highest BCUT2D eigenvalue weighted by atomic mass is 32.2. The van der Waals surface area contributed by atoms with E-state index in [9.17, 15) is 8.42 Å². The monoisotopic (exact) mass is 296 g/mol. The summed E-state index contributed by atoms with van der Waals surface area (Å²) in [5, 5.41) is 3.41. The summed E-state index contributed by atoms with van der Waals surface area (Å²) in [5.74, 6) is 0. The van der Waals surface area contributed by atoms with E-state index in [1.54, 1.807) is 12.1 Å². The first-order valence-corrected chi connectivity index (χ1v) is 8.54. The largest absolute Gasteiger partial charge is 0.380 e. The molecule has 0 radical (unpaired) electrons. The normalized spacial score (nSPS) is 23.1. The Balaban J connectivity index is 1.62. The second-order valence-corrected chi connectivity index (χ2v) is 7.19. The van der Waals surface area contributed by atoms with E-state index in [2.05, 4.69) is 10.0 Å². The van der Waals surface area contributed by atoms with Crippen LogP contribution in [0, 0.1) is 0 Å². The molecule has 1 aromatic rings. The van der Waals surface area contributed by atoms with Crippen molar-refractivity contribution in [3.05, 3.63) is 29.8 Å². The van der Waals surface area contributed by atoms with Gasteiger partial charge in [-0.05, 0) is 37.0 Å².